The Kier molecular flexibility index (Phi) is 2.42. The van der Waals surface area contributed by atoms with Gasteiger partial charge in [-0.25, -0.2) is 14.5 Å². The molecule has 0 saturated carbocycles. The van der Waals surface area contributed by atoms with E-state index in [4.69, 9.17) is 17.0 Å². The van der Waals surface area contributed by atoms with Crippen molar-refractivity contribution in [2.24, 2.45) is 0 Å². The van der Waals surface area contributed by atoms with Gasteiger partial charge < -0.3 is 4.74 Å². The molecule has 0 unspecified atom stereocenters. The molecule has 15 heavy (non-hydrogen) atoms. The Morgan fingerprint density at radius 1 is 1.33 bits per heavy atom. The fourth-order valence-corrected chi connectivity index (χ4v) is 1.58. The second-order valence-corrected chi connectivity index (χ2v) is 3.25. The fraction of sp³-hybridized carbons (Fsp3) is 0.111. The number of nitrogens with zero attached hydrogens (tertiary/aromatic N) is 1. The molecule has 2 N–H and O–H groups in total. The van der Waals surface area contributed by atoms with E-state index < -0.39 is 0 Å². The largest absolute Gasteiger partial charge is 0.495 e. The van der Waals surface area contributed by atoms with Crippen LogP contribution in [-0.4, -0.2) is 21.9 Å². The van der Waals surface area contributed by atoms with Gasteiger partial charge in [-0.2, -0.15) is 0 Å². The van der Waals surface area contributed by atoms with E-state index >= 15 is 0 Å². The molecule has 0 fully saturated rings. The van der Waals surface area contributed by atoms with Crippen molar-refractivity contribution in [3.05, 3.63) is 39.5 Å². The number of H-pyrrole nitrogens is 2. The summed E-state index contributed by atoms with van der Waals surface area (Å²) in [6.45, 7) is 0. The van der Waals surface area contributed by atoms with E-state index in [1.807, 2.05) is 12.1 Å². The third-order valence-corrected chi connectivity index (χ3v) is 2.29. The molecule has 0 radical (unpaired) electrons. The standard InChI is InChI=1S/C9H9N3O2S/c1-14-7-5-3-2-4-6(7)12-8(13)10-11-9(12)15/h2-5H,1H3,(H,10,13)(H,11,15). The zero-order valence-corrected chi connectivity index (χ0v) is 8.80. The zero-order valence-electron chi connectivity index (χ0n) is 7.98. The average Bonchev–Trinajstić information content (AvgIpc) is 2.59. The Morgan fingerprint density at radius 2 is 2.07 bits per heavy atom. The van der Waals surface area contributed by atoms with E-state index in [-0.39, 0.29) is 5.69 Å². The number of rotatable bonds is 2. The number of methoxy groups -OCH3 is 1. The number of ether oxygens (including phenoxy) is 1. The van der Waals surface area contributed by atoms with Gasteiger partial charge in [0.2, 0.25) is 4.77 Å². The second kappa shape index (κ2) is 3.74. The zero-order chi connectivity index (χ0) is 10.8. The van der Waals surface area contributed by atoms with Gasteiger partial charge in [-0.3, -0.25) is 5.10 Å². The highest BCUT2D eigenvalue weighted by molar-refractivity contribution is 7.71. The smallest absolute Gasteiger partial charge is 0.347 e. The lowest BCUT2D eigenvalue weighted by Crippen LogP contribution is -2.15. The van der Waals surface area contributed by atoms with Crippen molar-refractivity contribution in [2.45, 2.75) is 0 Å². The number of nitrogens with one attached hydrogen (secondary N) is 2. The van der Waals surface area contributed by atoms with Gasteiger partial charge in [0.1, 0.15) is 5.75 Å². The fourth-order valence-electron chi connectivity index (χ4n) is 1.34. The first-order valence-corrected chi connectivity index (χ1v) is 4.68. The molecule has 1 aromatic heterocycles. The lowest BCUT2D eigenvalue weighted by atomic mass is 10.3. The first-order valence-electron chi connectivity index (χ1n) is 4.27. The first kappa shape index (κ1) is 9.72. The Bertz CT molecular complexity index is 554. The van der Waals surface area contributed by atoms with Crippen LogP contribution in [0.2, 0.25) is 0 Å². The van der Waals surface area contributed by atoms with Gasteiger partial charge in [0.05, 0.1) is 12.8 Å². The number of benzene rings is 1. The van der Waals surface area contributed by atoms with Gasteiger partial charge in [-0.1, -0.05) is 12.1 Å². The highest BCUT2D eigenvalue weighted by Crippen LogP contribution is 2.20. The van der Waals surface area contributed by atoms with Crippen LogP contribution in [0, 0.1) is 4.77 Å². The summed E-state index contributed by atoms with van der Waals surface area (Å²) in [5.74, 6) is 0.596. The molecule has 0 aliphatic rings. The van der Waals surface area contributed by atoms with Crippen LogP contribution in [0.25, 0.3) is 5.69 Å². The number of para-hydroxylation sites is 2. The van der Waals surface area contributed by atoms with Crippen LogP contribution in [0.15, 0.2) is 29.1 Å². The Morgan fingerprint density at radius 3 is 2.67 bits per heavy atom. The summed E-state index contributed by atoms with van der Waals surface area (Å²) in [6.07, 6.45) is 0. The highest BCUT2D eigenvalue weighted by Gasteiger charge is 2.08. The van der Waals surface area contributed by atoms with Crippen molar-refractivity contribution in [3.63, 3.8) is 0 Å². The molecule has 1 aromatic carbocycles. The predicted molar refractivity (Wildman–Crippen MR) is 58.1 cm³/mol. The predicted octanol–water partition coefficient (Wildman–Crippen LogP) is 1.23. The molecule has 0 aliphatic heterocycles. The first-order chi connectivity index (χ1) is 7.24. The van der Waals surface area contributed by atoms with E-state index in [1.165, 1.54) is 4.57 Å². The minimum absolute atomic E-state index is 0.310. The summed E-state index contributed by atoms with van der Waals surface area (Å²) in [5.41, 5.74) is 0.303. The molecule has 0 aliphatic carbocycles. The molecule has 2 aromatic rings. The second-order valence-electron chi connectivity index (χ2n) is 2.87. The Balaban J connectivity index is 2.74. The third kappa shape index (κ3) is 1.59. The topological polar surface area (TPSA) is 62.8 Å². The van der Waals surface area contributed by atoms with Crippen molar-refractivity contribution in [1.82, 2.24) is 14.8 Å². The molecule has 78 valence electrons. The third-order valence-electron chi connectivity index (χ3n) is 2.01. The summed E-state index contributed by atoms with van der Waals surface area (Å²) in [5, 5.41) is 4.98. The normalized spacial score (nSPS) is 10.2. The molecule has 6 heteroatoms. The van der Waals surface area contributed by atoms with Gasteiger partial charge in [0.15, 0.2) is 0 Å². The van der Waals surface area contributed by atoms with Crippen LogP contribution in [0.3, 0.4) is 0 Å². The van der Waals surface area contributed by atoms with Crippen LogP contribution < -0.4 is 10.4 Å². The molecule has 1 heterocycles. The van der Waals surface area contributed by atoms with Crippen LogP contribution in [0.5, 0.6) is 5.75 Å². The summed E-state index contributed by atoms with van der Waals surface area (Å²) < 4.78 is 6.80. The van der Waals surface area contributed by atoms with E-state index in [2.05, 4.69) is 10.2 Å². The van der Waals surface area contributed by atoms with Gasteiger partial charge >= 0.3 is 5.69 Å². The van der Waals surface area contributed by atoms with E-state index in [0.29, 0.717) is 16.2 Å². The molecule has 2 rings (SSSR count). The van der Waals surface area contributed by atoms with E-state index in [0.717, 1.165) is 0 Å². The minimum atomic E-state index is -0.315. The summed E-state index contributed by atoms with van der Waals surface area (Å²) >= 11 is 4.98. The van der Waals surface area contributed by atoms with Gasteiger partial charge in [-0.05, 0) is 24.4 Å². The minimum Gasteiger partial charge on any atom is -0.495 e. The molecule has 0 atom stereocenters. The van der Waals surface area contributed by atoms with Crippen LogP contribution >= 0.6 is 12.2 Å². The van der Waals surface area contributed by atoms with Gasteiger partial charge in [-0.15, -0.1) is 0 Å². The van der Waals surface area contributed by atoms with E-state index in [1.54, 1.807) is 19.2 Å². The van der Waals surface area contributed by atoms with E-state index in [9.17, 15) is 4.79 Å². The van der Waals surface area contributed by atoms with Crippen LogP contribution in [0.4, 0.5) is 0 Å². The maximum atomic E-state index is 11.5. The molecular weight excluding hydrogens is 214 g/mol. The lowest BCUT2D eigenvalue weighted by Gasteiger charge is -2.06. The molecule has 0 amide bonds. The van der Waals surface area contributed by atoms with Crippen molar-refractivity contribution >= 4 is 12.2 Å². The van der Waals surface area contributed by atoms with Crippen molar-refractivity contribution in [2.75, 3.05) is 7.11 Å². The monoisotopic (exact) mass is 223 g/mol. The molecular formula is C9H9N3O2S. The van der Waals surface area contributed by atoms with Crippen molar-refractivity contribution < 1.29 is 4.74 Å². The summed E-state index contributed by atoms with van der Waals surface area (Å²) in [7, 11) is 1.54. The number of aromatic amines is 2. The molecule has 0 saturated heterocycles. The van der Waals surface area contributed by atoms with Crippen LogP contribution in [0.1, 0.15) is 0 Å². The number of hydrogen-bond acceptors (Lipinski definition) is 3. The Labute approximate surface area is 90.3 Å². The molecule has 0 bridgehead atoms. The number of hydrogen-bond donors (Lipinski definition) is 2. The van der Waals surface area contributed by atoms with Gasteiger partial charge in [0, 0.05) is 0 Å². The SMILES string of the molecule is COc1ccccc1-n1c(=O)[nH][nH]c1=S. The quantitative estimate of drug-likeness (QED) is 0.753. The summed E-state index contributed by atoms with van der Waals surface area (Å²) in [4.78, 5) is 11.5. The van der Waals surface area contributed by atoms with Crippen molar-refractivity contribution in [1.29, 1.82) is 0 Å². The highest BCUT2D eigenvalue weighted by atomic mass is 32.1. The van der Waals surface area contributed by atoms with Crippen molar-refractivity contribution in [3.8, 4) is 11.4 Å². The molecule has 5 nitrogen and oxygen atoms in total. The Hall–Kier alpha value is -1.82. The maximum absolute atomic E-state index is 11.5. The molecule has 0 spiro atoms. The van der Waals surface area contributed by atoms with Gasteiger partial charge in [0.25, 0.3) is 0 Å². The summed E-state index contributed by atoms with van der Waals surface area (Å²) in [6, 6.07) is 7.17. The average molecular weight is 223 g/mol. The number of aromatic nitrogens is 3. The lowest BCUT2D eigenvalue weighted by molar-refractivity contribution is 0.412. The van der Waals surface area contributed by atoms with Crippen LogP contribution in [-0.2, 0) is 0 Å². The maximum Gasteiger partial charge on any atom is 0.347 e.